The molecule has 0 aromatic heterocycles. The molecule has 1 atom stereocenters. The van der Waals surface area contributed by atoms with Crippen LogP contribution in [0.4, 0.5) is 0 Å². The lowest BCUT2D eigenvalue weighted by molar-refractivity contribution is -0.0232. The van der Waals surface area contributed by atoms with Crippen molar-refractivity contribution in [2.24, 2.45) is 0 Å². The molecule has 1 rings (SSSR count). The van der Waals surface area contributed by atoms with Crippen LogP contribution in [0, 0.1) is 0 Å². The second-order valence-corrected chi connectivity index (χ2v) is 5.47. The maximum atomic E-state index is 2.62. The first-order valence-corrected chi connectivity index (χ1v) is 6.89. The summed E-state index contributed by atoms with van der Waals surface area (Å²) in [4.78, 5) is 5.21. The van der Waals surface area contributed by atoms with E-state index in [-0.39, 0.29) is 0 Å². The van der Waals surface area contributed by atoms with Crippen molar-refractivity contribution in [1.29, 1.82) is 0 Å². The minimum atomic E-state index is 0.339. The molecule has 0 aromatic rings. The van der Waals surface area contributed by atoms with E-state index in [2.05, 4.69) is 51.3 Å². The lowest BCUT2D eigenvalue weighted by atomic mass is 9.95. The summed E-state index contributed by atoms with van der Waals surface area (Å²) >= 11 is 0. The molecular formula is C14H32N2. The predicted molar refractivity (Wildman–Crippen MR) is 74.0 cm³/mol. The molecule has 98 valence electrons. The first-order valence-electron chi connectivity index (χ1n) is 6.89. The molecule has 1 unspecified atom stereocenters. The van der Waals surface area contributed by atoms with E-state index in [1.165, 1.54) is 19.6 Å². The van der Waals surface area contributed by atoms with Crippen LogP contribution in [0.1, 0.15) is 55.4 Å². The summed E-state index contributed by atoms with van der Waals surface area (Å²) in [6.45, 7) is 21.5. The van der Waals surface area contributed by atoms with Crippen molar-refractivity contribution in [2.45, 2.75) is 73.0 Å². The van der Waals surface area contributed by atoms with Crippen molar-refractivity contribution in [3.63, 3.8) is 0 Å². The number of hydrogen-bond acceptors (Lipinski definition) is 2. The second-order valence-electron chi connectivity index (χ2n) is 5.47. The zero-order valence-corrected chi connectivity index (χ0v) is 12.7. The molecule has 1 fully saturated rings. The average molecular weight is 228 g/mol. The van der Waals surface area contributed by atoms with E-state index in [0.717, 1.165) is 0 Å². The van der Waals surface area contributed by atoms with Crippen molar-refractivity contribution < 1.29 is 0 Å². The van der Waals surface area contributed by atoms with Crippen LogP contribution < -0.4 is 0 Å². The van der Waals surface area contributed by atoms with E-state index in [9.17, 15) is 0 Å². The van der Waals surface area contributed by atoms with Crippen molar-refractivity contribution >= 4 is 0 Å². The predicted octanol–water partition coefficient (Wildman–Crippen LogP) is 3.23. The third-order valence-corrected chi connectivity index (χ3v) is 3.52. The number of hydrogen-bond donors (Lipinski definition) is 0. The number of rotatable bonds is 2. The Bertz CT molecular complexity index is 187. The van der Waals surface area contributed by atoms with Gasteiger partial charge in [-0.25, -0.2) is 0 Å². The molecule has 2 nitrogen and oxygen atoms in total. The van der Waals surface area contributed by atoms with Gasteiger partial charge >= 0.3 is 0 Å². The Kier molecular flexibility index (Phi) is 6.57. The van der Waals surface area contributed by atoms with Gasteiger partial charge in [0.25, 0.3) is 0 Å². The first kappa shape index (κ1) is 15.9. The fourth-order valence-electron chi connectivity index (χ4n) is 2.62. The number of likely N-dealkylation sites (N-methyl/N-ethyl adjacent to an activating group) is 1. The number of nitrogens with zero attached hydrogens (tertiary/aromatic N) is 2. The molecule has 1 aliphatic rings. The van der Waals surface area contributed by atoms with Crippen LogP contribution in [0.2, 0.25) is 0 Å². The minimum absolute atomic E-state index is 0.339. The molecule has 0 saturated carbocycles. The van der Waals surface area contributed by atoms with E-state index < -0.39 is 0 Å². The highest BCUT2D eigenvalue weighted by Crippen LogP contribution is 2.25. The van der Waals surface area contributed by atoms with Gasteiger partial charge in [0.15, 0.2) is 0 Å². The van der Waals surface area contributed by atoms with E-state index >= 15 is 0 Å². The Morgan fingerprint density at radius 2 is 1.75 bits per heavy atom. The lowest BCUT2D eigenvalue weighted by Crippen LogP contribution is -2.63. The molecule has 0 amide bonds. The van der Waals surface area contributed by atoms with Crippen LogP contribution in [0.5, 0.6) is 0 Å². The van der Waals surface area contributed by atoms with Crippen molar-refractivity contribution in [3.05, 3.63) is 0 Å². The minimum Gasteiger partial charge on any atom is -0.296 e. The Balaban J connectivity index is 0.00000106. The third kappa shape index (κ3) is 3.74. The first-order chi connectivity index (χ1) is 7.38. The van der Waals surface area contributed by atoms with Crippen LogP contribution >= 0.6 is 0 Å². The zero-order chi connectivity index (χ0) is 12.9. The third-order valence-electron chi connectivity index (χ3n) is 3.52. The Hall–Kier alpha value is -0.0800. The smallest absolute Gasteiger partial charge is 0.0280 e. The monoisotopic (exact) mass is 228 g/mol. The molecular weight excluding hydrogens is 196 g/mol. The fraction of sp³-hybridized carbons (Fsp3) is 1.00. The molecule has 0 aliphatic carbocycles. The van der Waals surface area contributed by atoms with Gasteiger partial charge in [0.05, 0.1) is 0 Å². The summed E-state index contributed by atoms with van der Waals surface area (Å²) in [7, 11) is 0. The van der Waals surface area contributed by atoms with Gasteiger partial charge in [0, 0.05) is 30.7 Å². The summed E-state index contributed by atoms with van der Waals surface area (Å²) in [5.41, 5.74) is 0.339. The summed E-state index contributed by atoms with van der Waals surface area (Å²) in [6, 6.07) is 1.37. The quantitative estimate of drug-likeness (QED) is 0.716. The molecule has 1 saturated heterocycles. The Morgan fingerprint density at radius 3 is 2.12 bits per heavy atom. The average Bonchev–Trinajstić information content (AvgIpc) is 2.23. The SMILES string of the molecule is CC.CCN1CC(C)N(C(C)C)CC1(C)C. The highest BCUT2D eigenvalue weighted by Gasteiger charge is 2.36. The van der Waals surface area contributed by atoms with E-state index in [0.29, 0.717) is 17.6 Å². The van der Waals surface area contributed by atoms with Crippen LogP contribution in [-0.4, -0.2) is 47.1 Å². The molecule has 16 heavy (non-hydrogen) atoms. The molecule has 0 radical (unpaired) electrons. The van der Waals surface area contributed by atoms with E-state index in [1.807, 2.05) is 13.8 Å². The van der Waals surface area contributed by atoms with Gasteiger partial charge in [-0.15, -0.1) is 0 Å². The fourth-order valence-corrected chi connectivity index (χ4v) is 2.62. The van der Waals surface area contributed by atoms with Crippen molar-refractivity contribution in [3.8, 4) is 0 Å². The van der Waals surface area contributed by atoms with Crippen molar-refractivity contribution in [2.75, 3.05) is 19.6 Å². The summed E-state index contributed by atoms with van der Waals surface area (Å²) in [6.07, 6.45) is 0. The van der Waals surface area contributed by atoms with Crippen LogP contribution in [0.25, 0.3) is 0 Å². The van der Waals surface area contributed by atoms with E-state index in [4.69, 9.17) is 0 Å². The Labute approximate surface area is 103 Å². The lowest BCUT2D eigenvalue weighted by Gasteiger charge is -2.51. The van der Waals surface area contributed by atoms with Gasteiger partial charge in [0.2, 0.25) is 0 Å². The summed E-state index contributed by atoms with van der Waals surface area (Å²) in [5, 5.41) is 0. The van der Waals surface area contributed by atoms with E-state index in [1.54, 1.807) is 0 Å². The maximum Gasteiger partial charge on any atom is 0.0280 e. The normalized spacial score (nSPS) is 26.4. The zero-order valence-electron chi connectivity index (χ0n) is 12.7. The van der Waals surface area contributed by atoms with Gasteiger partial charge in [-0.3, -0.25) is 9.80 Å². The molecule has 0 bridgehead atoms. The second kappa shape index (κ2) is 6.61. The largest absolute Gasteiger partial charge is 0.296 e. The van der Waals surface area contributed by atoms with Gasteiger partial charge in [-0.05, 0) is 41.2 Å². The highest BCUT2D eigenvalue weighted by molar-refractivity contribution is 4.93. The standard InChI is InChI=1S/C12H26N2.C2H6/c1-7-13-8-11(4)14(10(2)3)9-12(13,5)6;1-2/h10-11H,7-9H2,1-6H3;1-2H3. The topological polar surface area (TPSA) is 6.48 Å². The van der Waals surface area contributed by atoms with Gasteiger partial charge in [-0.1, -0.05) is 20.8 Å². The van der Waals surface area contributed by atoms with Gasteiger partial charge < -0.3 is 0 Å². The summed E-state index contributed by atoms with van der Waals surface area (Å²) in [5.74, 6) is 0. The molecule has 1 aliphatic heterocycles. The van der Waals surface area contributed by atoms with Gasteiger partial charge in [-0.2, -0.15) is 0 Å². The Morgan fingerprint density at radius 1 is 1.25 bits per heavy atom. The van der Waals surface area contributed by atoms with Crippen molar-refractivity contribution in [1.82, 2.24) is 9.80 Å². The van der Waals surface area contributed by atoms with Crippen LogP contribution in [-0.2, 0) is 0 Å². The van der Waals surface area contributed by atoms with Gasteiger partial charge in [0.1, 0.15) is 0 Å². The molecule has 1 heterocycles. The van der Waals surface area contributed by atoms with Crippen LogP contribution in [0.3, 0.4) is 0 Å². The summed E-state index contributed by atoms with van der Waals surface area (Å²) < 4.78 is 0. The molecule has 2 heteroatoms. The molecule has 0 aromatic carbocycles. The highest BCUT2D eigenvalue weighted by atomic mass is 15.3. The number of piperazine rings is 1. The molecule has 0 N–H and O–H groups in total. The van der Waals surface area contributed by atoms with Crippen LogP contribution in [0.15, 0.2) is 0 Å². The molecule has 0 spiro atoms. The maximum absolute atomic E-state index is 2.62.